The van der Waals surface area contributed by atoms with E-state index in [-0.39, 0.29) is 44.8 Å². The molecule has 2 fully saturated rings. The molecule has 1 saturated heterocycles. The molecule has 1 aromatic carbocycles. The average molecular weight is 681 g/mol. The second-order valence-corrected chi connectivity index (χ2v) is 14.9. The minimum absolute atomic E-state index is 0.0371. The number of fused-ring (bicyclic) bond motifs is 1. The summed E-state index contributed by atoms with van der Waals surface area (Å²) in [6.07, 6.45) is 0.832. The fourth-order valence-corrected chi connectivity index (χ4v) is 6.71. The van der Waals surface area contributed by atoms with Gasteiger partial charge in [0.05, 0.1) is 23.7 Å². The van der Waals surface area contributed by atoms with Gasteiger partial charge in [0.2, 0.25) is 0 Å². The molecule has 11 nitrogen and oxygen atoms in total. The first-order chi connectivity index (χ1) is 22.9. The smallest absolute Gasteiger partial charge is 0.410 e. The highest BCUT2D eigenvalue weighted by atomic mass is 19.3. The zero-order chi connectivity index (χ0) is 35.9. The number of nitriles is 1. The van der Waals surface area contributed by atoms with Crippen LogP contribution in [-0.2, 0) is 25.6 Å². The van der Waals surface area contributed by atoms with Gasteiger partial charge in [0, 0.05) is 35.2 Å². The van der Waals surface area contributed by atoms with Crippen molar-refractivity contribution in [2.24, 2.45) is 10.9 Å². The van der Waals surface area contributed by atoms with Crippen molar-refractivity contribution in [3.05, 3.63) is 62.9 Å². The van der Waals surface area contributed by atoms with Gasteiger partial charge in [0.15, 0.2) is 0 Å². The van der Waals surface area contributed by atoms with Gasteiger partial charge in [-0.15, -0.1) is 0 Å². The number of pyridine rings is 1. The van der Waals surface area contributed by atoms with Crippen LogP contribution in [0.1, 0.15) is 102 Å². The lowest BCUT2D eigenvalue weighted by Crippen LogP contribution is -2.55. The molecule has 2 aromatic rings. The molecule has 2 N–H and O–H groups in total. The van der Waals surface area contributed by atoms with Crippen molar-refractivity contribution in [2.75, 3.05) is 31.3 Å². The Morgan fingerprint density at radius 2 is 1.94 bits per heavy atom. The predicted molar refractivity (Wildman–Crippen MR) is 181 cm³/mol. The minimum Gasteiger partial charge on any atom is -0.465 e. The molecule has 264 valence electrons. The highest BCUT2D eigenvalue weighted by Gasteiger charge is 2.50. The third-order valence-electron chi connectivity index (χ3n) is 9.53. The number of amides is 1. The molecule has 1 aliphatic carbocycles. The van der Waals surface area contributed by atoms with Crippen LogP contribution >= 0.6 is 0 Å². The van der Waals surface area contributed by atoms with E-state index in [2.05, 4.69) is 21.4 Å². The molecule has 49 heavy (non-hydrogen) atoms. The number of carbonyl (C=O) groups is 2. The van der Waals surface area contributed by atoms with E-state index >= 15 is 8.78 Å². The molecule has 1 amide bonds. The van der Waals surface area contributed by atoms with E-state index < -0.39 is 52.1 Å². The molecule has 0 bridgehead atoms. The maximum atomic E-state index is 16.2. The number of esters is 1. The fourth-order valence-electron chi connectivity index (χ4n) is 6.71. The molecule has 2 atom stereocenters. The number of anilines is 1. The third-order valence-corrected chi connectivity index (χ3v) is 9.53. The van der Waals surface area contributed by atoms with Gasteiger partial charge in [-0.1, -0.05) is 18.2 Å². The van der Waals surface area contributed by atoms with Crippen molar-refractivity contribution in [2.45, 2.75) is 103 Å². The van der Waals surface area contributed by atoms with Crippen molar-refractivity contribution in [1.82, 2.24) is 15.2 Å². The quantitative estimate of drug-likeness (QED) is 0.329. The van der Waals surface area contributed by atoms with E-state index in [4.69, 9.17) is 9.47 Å². The molecule has 1 aromatic heterocycles. The van der Waals surface area contributed by atoms with Crippen LogP contribution in [-0.4, -0.2) is 65.3 Å². The first kappa shape index (κ1) is 35.8. The summed E-state index contributed by atoms with van der Waals surface area (Å²) in [5.74, 6) is -3.88. The van der Waals surface area contributed by atoms with Gasteiger partial charge in [-0.25, -0.2) is 18.6 Å². The van der Waals surface area contributed by atoms with Crippen LogP contribution in [0.2, 0.25) is 0 Å². The highest BCUT2D eigenvalue weighted by molar-refractivity contribution is 6.05. The zero-order valence-corrected chi connectivity index (χ0v) is 29.3. The number of amidine groups is 1. The van der Waals surface area contributed by atoms with Gasteiger partial charge in [-0.05, 0) is 91.8 Å². The number of benzene rings is 1. The van der Waals surface area contributed by atoms with E-state index in [0.717, 1.165) is 0 Å². The molecule has 2 unspecified atom stereocenters. The summed E-state index contributed by atoms with van der Waals surface area (Å²) in [7, 11) is 0. The number of H-pyrrole nitrogens is 1. The van der Waals surface area contributed by atoms with Crippen LogP contribution in [0.5, 0.6) is 0 Å². The van der Waals surface area contributed by atoms with Gasteiger partial charge in [-0.2, -0.15) is 5.26 Å². The molecule has 13 heteroatoms. The number of nitrogens with one attached hydrogen (secondary N) is 2. The van der Waals surface area contributed by atoms with Crippen molar-refractivity contribution in [1.29, 1.82) is 5.26 Å². The maximum Gasteiger partial charge on any atom is 0.410 e. The molecule has 0 spiro atoms. The van der Waals surface area contributed by atoms with Gasteiger partial charge in [0.1, 0.15) is 30.5 Å². The van der Waals surface area contributed by atoms with Crippen LogP contribution < -0.4 is 15.8 Å². The molecular formula is C36H46F2N6O5. The van der Waals surface area contributed by atoms with Crippen LogP contribution in [0.15, 0.2) is 40.1 Å². The van der Waals surface area contributed by atoms with Crippen LogP contribution in [0.3, 0.4) is 0 Å². The second kappa shape index (κ2) is 13.1. The number of alkyl halides is 2. The number of ether oxygens (including phenoxy) is 2. The number of rotatable bonds is 8. The summed E-state index contributed by atoms with van der Waals surface area (Å²) >= 11 is 0. The number of hydrogen-bond donors (Lipinski definition) is 2. The molecule has 2 aliphatic heterocycles. The summed E-state index contributed by atoms with van der Waals surface area (Å²) in [5.41, 5.74) is -1.50. The fraction of sp³-hybridized carbons (Fsp3) is 0.583. The SMILES string of the molecule is CCOC(=O)CN1CN=C(NC(C)c2cccc(C(F)(F)C3CCN(C(=O)OC(C)(C)C)C(C)(C)C3)c2)c2cc(C3(C#N)CC3)c(=O)[nH]c21. The number of carbonyl (C=O) groups excluding carboxylic acids is 2. The maximum absolute atomic E-state index is 16.2. The van der Waals surface area contributed by atoms with Crippen molar-refractivity contribution >= 4 is 23.7 Å². The van der Waals surface area contributed by atoms with Crippen molar-refractivity contribution in [3.8, 4) is 6.07 Å². The lowest BCUT2D eigenvalue weighted by molar-refractivity contribution is -0.141. The van der Waals surface area contributed by atoms with Gasteiger partial charge < -0.3 is 29.6 Å². The first-order valence-electron chi connectivity index (χ1n) is 16.8. The number of aliphatic imine (C=N–C) groups is 1. The standard InChI is InChI=1S/C36H46F2N6O5/c1-8-48-28(45)19-43-21-40-29(26-17-27(31(46)42-30(26)43)35(20-39)13-14-35)41-22(2)23-10-9-11-24(16-23)36(37,38)25-12-15-44(34(6,7)18-25)32(47)49-33(3,4)5/h9-11,16-17,22,25H,8,12-15,18-19,21H2,1-7H3,(H,40,41)(H,42,46). The van der Waals surface area contributed by atoms with Gasteiger partial charge in [0.25, 0.3) is 11.5 Å². The Bertz CT molecular complexity index is 1740. The molecule has 5 rings (SSSR count). The second-order valence-electron chi connectivity index (χ2n) is 14.9. The predicted octanol–water partition coefficient (Wildman–Crippen LogP) is 5.89. The highest BCUT2D eigenvalue weighted by Crippen LogP contribution is 2.48. The Hall–Kier alpha value is -4.47. The number of likely N-dealkylation sites (tertiary alicyclic amines) is 1. The molecule has 3 aliphatic rings. The van der Waals surface area contributed by atoms with Gasteiger partial charge in [-0.3, -0.25) is 9.59 Å². The molecule has 3 heterocycles. The van der Waals surface area contributed by atoms with E-state index in [1.165, 1.54) is 12.1 Å². The summed E-state index contributed by atoms with van der Waals surface area (Å²) < 4.78 is 43.1. The van der Waals surface area contributed by atoms with Crippen LogP contribution in [0, 0.1) is 17.2 Å². The first-order valence-corrected chi connectivity index (χ1v) is 16.8. The van der Waals surface area contributed by atoms with Crippen LogP contribution in [0.4, 0.5) is 19.4 Å². The molecule has 0 radical (unpaired) electrons. The molecule has 1 saturated carbocycles. The number of hydrogen-bond acceptors (Lipinski definition) is 9. The number of nitrogens with zero attached hydrogens (tertiary/aromatic N) is 4. The number of aromatic nitrogens is 1. The topological polar surface area (TPSA) is 140 Å². The summed E-state index contributed by atoms with van der Waals surface area (Å²) in [4.78, 5) is 49.0. The largest absolute Gasteiger partial charge is 0.465 e. The summed E-state index contributed by atoms with van der Waals surface area (Å²) in [5, 5.41) is 13.2. The van der Waals surface area contributed by atoms with E-state index in [1.54, 1.807) is 69.5 Å². The lowest BCUT2D eigenvalue weighted by Gasteiger charge is -2.47. The Kier molecular flexibility index (Phi) is 9.58. The summed E-state index contributed by atoms with van der Waals surface area (Å²) in [6, 6.07) is 9.72. The van der Waals surface area contributed by atoms with E-state index in [9.17, 15) is 19.6 Å². The molecular weight excluding hydrogens is 634 g/mol. The van der Waals surface area contributed by atoms with Crippen LogP contribution in [0.25, 0.3) is 0 Å². The van der Waals surface area contributed by atoms with Crippen molar-refractivity contribution in [3.63, 3.8) is 0 Å². The zero-order valence-electron chi connectivity index (χ0n) is 29.3. The Balaban J connectivity index is 1.37. The number of piperidine rings is 1. The Morgan fingerprint density at radius 3 is 2.55 bits per heavy atom. The number of halogens is 2. The Labute approximate surface area is 285 Å². The van der Waals surface area contributed by atoms with E-state index in [1.807, 2.05) is 6.92 Å². The number of aromatic amines is 1. The van der Waals surface area contributed by atoms with Gasteiger partial charge >= 0.3 is 12.1 Å². The third kappa shape index (κ3) is 7.43. The Morgan fingerprint density at radius 1 is 1.22 bits per heavy atom. The minimum atomic E-state index is -3.17. The monoisotopic (exact) mass is 680 g/mol. The normalized spacial score (nSPS) is 20.3. The lowest BCUT2D eigenvalue weighted by atomic mass is 9.77. The summed E-state index contributed by atoms with van der Waals surface area (Å²) in [6.45, 7) is 12.7. The van der Waals surface area contributed by atoms with E-state index in [0.29, 0.717) is 41.2 Å². The average Bonchev–Trinajstić information content (AvgIpc) is 3.82. The van der Waals surface area contributed by atoms with Crippen molar-refractivity contribution < 1.29 is 27.8 Å².